The van der Waals surface area contributed by atoms with E-state index < -0.39 is 71.2 Å². The zero-order valence-electron chi connectivity index (χ0n) is 20.7. The molecule has 9 atom stereocenters. The Hall–Kier alpha value is -2.23. The third-order valence-electron chi connectivity index (χ3n) is 7.17. The number of ketones is 2. The summed E-state index contributed by atoms with van der Waals surface area (Å²) in [7, 11) is 0. The van der Waals surface area contributed by atoms with Crippen molar-refractivity contribution >= 4 is 17.5 Å². The number of carbonyl (C=O) groups excluding carboxylic acids is 3. The lowest BCUT2D eigenvalue weighted by molar-refractivity contribution is -0.181. The highest BCUT2D eigenvalue weighted by Gasteiger charge is 2.57. The van der Waals surface area contributed by atoms with Gasteiger partial charge in [0.2, 0.25) is 11.6 Å². The summed E-state index contributed by atoms with van der Waals surface area (Å²) < 4.78 is 48.0. The molecule has 2 saturated heterocycles. The molecule has 9 heteroatoms. The molecule has 0 saturated carbocycles. The van der Waals surface area contributed by atoms with Gasteiger partial charge in [-0.25, -0.2) is 8.78 Å². The van der Waals surface area contributed by atoms with Crippen molar-refractivity contribution in [1.82, 2.24) is 0 Å². The number of fused-ring (bicyclic) bond motifs is 2. The zero-order chi connectivity index (χ0) is 26.1. The fourth-order valence-electron chi connectivity index (χ4n) is 4.96. The predicted octanol–water partition coefficient (Wildman–Crippen LogP) is 3.29. The van der Waals surface area contributed by atoms with E-state index >= 15 is 8.78 Å². The Balaban J connectivity index is 2.02. The molecule has 1 aromatic carbocycles. The number of aliphatic hydroxyl groups is 1. The van der Waals surface area contributed by atoms with Crippen LogP contribution in [0.2, 0.25) is 0 Å². The lowest BCUT2D eigenvalue weighted by Gasteiger charge is -2.34. The molecular weight excluding hydrogens is 462 g/mol. The van der Waals surface area contributed by atoms with Gasteiger partial charge in [-0.1, -0.05) is 44.2 Å². The molecule has 3 rings (SSSR count). The molecule has 194 valence electrons. The molecule has 35 heavy (non-hydrogen) atoms. The van der Waals surface area contributed by atoms with Crippen LogP contribution in [0.5, 0.6) is 0 Å². The minimum atomic E-state index is -2.36. The number of hydrogen-bond donors (Lipinski definition) is 1. The highest BCUT2D eigenvalue weighted by Crippen LogP contribution is 2.41. The lowest BCUT2D eigenvalue weighted by atomic mass is 9.82. The number of cyclic esters (lactones) is 1. The normalized spacial score (nSPS) is 41.0. The summed E-state index contributed by atoms with van der Waals surface area (Å²) in [4.78, 5) is 39.2. The second-order valence-corrected chi connectivity index (χ2v) is 10.1. The van der Waals surface area contributed by atoms with Gasteiger partial charge in [0.05, 0.1) is 18.6 Å². The molecular formula is C26H34F2O7. The number of ether oxygens (including phenoxy) is 3. The van der Waals surface area contributed by atoms with E-state index in [1.165, 1.54) is 13.8 Å². The quantitative estimate of drug-likeness (QED) is 0.639. The first kappa shape index (κ1) is 27.4. The second-order valence-electron chi connectivity index (χ2n) is 10.1. The third-order valence-corrected chi connectivity index (χ3v) is 7.17. The fraction of sp³-hybridized carbons (Fsp3) is 0.654. The number of carbonyl (C=O) groups is 3. The molecule has 0 aliphatic carbocycles. The Bertz CT molecular complexity index is 937. The first-order chi connectivity index (χ1) is 16.3. The molecule has 7 nitrogen and oxygen atoms in total. The van der Waals surface area contributed by atoms with Crippen LogP contribution in [-0.2, 0) is 35.2 Å². The molecule has 0 unspecified atom stereocenters. The van der Waals surface area contributed by atoms with Crippen LogP contribution < -0.4 is 0 Å². The van der Waals surface area contributed by atoms with Crippen LogP contribution in [-0.4, -0.2) is 64.5 Å². The summed E-state index contributed by atoms with van der Waals surface area (Å²) in [5.41, 5.74) is -3.40. The molecule has 2 heterocycles. The van der Waals surface area contributed by atoms with Gasteiger partial charge in [-0.15, -0.1) is 0 Å². The van der Waals surface area contributed by atoms with E-state index in [9.17, 15) is 19.5 Å². The molecule has 2 aliphatic heterocycles. The number of hydrogen-bond acceptors (Lipinski definition) is 7. The van der Waals surface area contributed by atoms with Crippen molar-refractivity contribution in [1.29, 1.82) is 0 Å². The summed E-state index contributed by atoms with van der Waals surface area (Å²) in [6.45, 7) is 6.86. The van der Waals surface area contributed by atoms with Crippen molar-refractivity contribution in [3.8, 4) is 0 Å². The van der Waals surface area contributed by atoms with Gasteiger partial charge in [0, 0.05) is 0 Å². The van der Waals surface area contributed by atoms with Crippen LogP contribution in [0.25, 0.3) is 0 Å². The predicted molar refractivity (Wildman–Crippen MR) is 122 cm³/mol. The fourth-order valence-corrected chi connectivity index (χ4v) is 4.96. The maximum atomic E-state index is 15.8. The standard InChI is InChI=1S/C26H34F2O7/c1-6-17-26(5,32)23(30)18(27)20-14(2)12-25(4,35-20)22(29)19(28)21(15(3)24(31)34-17)33-13-16-10-8-7-9-11-16/h7-11,14-15,17-21,32H,6,12-13H2,1-5H3/t14-,15-,17-,18-,19-,20+,21-,25-,26-/m1/s1. The number of alkyl halides is 2. The summed E-state index contributed by atoms with van der Waals surface area (Å²) in [5, 5.41) is 10.9. The second kappa shape index (κ2) is 10.4. The molecule has 2 bridgehead atoms. The number of halogens is 2. The van der Waals surface area contributed by atoms with E-state index in [1.54, 1.807) is 44.2 Å². The smallest absolute Gasteiger partial charge is 0.311 e. The molecule has 1 aromatic rings. The minimum Gasteiger partial charge on any atom is -0.459 e. The monoisotopic (exact) mass is 496 g/mol. The molecule has 0 amide bonds. The van der Waals surface area contributed by atoms with Gasteiger partial charge in [-0.3, -0.25) is 14.4 Å². The first-order valence-electron chi connectivity index (χ1n) is 12.0. The maximum Gasteiger partial charge on any atom is 0.311 e. The summed E-state index contributed by atoms with van der Waals surface area (Å²) >= 11 is 0. The molecule has 2 aliphatic rings. The Morgan fingerprint density at radius 3 is 2.29 bits per heavy atom. The summed E-state index contributed by atoms with van der Waals surface area (Å²) in [6, 6.07) is 8.85. The van der Waals surface area contributed by atoms with Gasteiger partial charge in [-0.05, 0) is 45.1 Å². The Morgan fingerprint density at radius 1 is 1.06 bits per heavy atom. The van der Waals surface area contributed by atoms with Gasteiger partial charge in [0.1, 0.15) is 17.8 Å². The zero-order valence-corrected chi connectivity index (χ0v) is 20.7. The van der Waals surface area contributed by atoms with E-state index in [4.69, 9.17) is 14.2 Å². The summed E-state index contributed by atoms with van der Waals surface area (Å²) in [5.74, 6) is -5.08. The van der Waals surface area contributed by atoms with Crippen LogP contribution in [0.3, 0.4) is 0 Å². The SMILES string of the molecule is CC[C@H]1OC(=O)[C@H](C)[C@@H](OCc2ccccc2)[C@@H](F)C(=O)[C@@]2(C)C[C@@H](C)[C@H](O2)[C@@H](F)C(=O)[C@]1(C)O. The number of rotatable bonds is 4. The van der Waals surface area contributed by atoms with Gasteiger partial charge >= 0.3 is 5.97 Å². The van der Waals surface area contributed by atoms with Crippen LogP contribution in [0.4, 0.5) is 8.78 Å². The number of Topliss-reactive ketones (excluding diaryl/α,β-unsaturated/α-hetero) is 2. The summed E-state index contributed by atoms with van der Waals surface area (Å²) in [6.07, 6.45) is -8.92. The van der Waals surface area contributed by atoms with E-state index in [0.717, 1.165) is 6.92 Å². The van der Waals surface area contributed by atoms with Crippen molar-refractivity contribution in [2.75, 3.05) is 0 Å². The van der Waals surface area contributed by atoms with Crippen LogP contribution in [0, 0.1) is 11.8 Å². The molecule has 0 radical (unpaired) electrons. The van der Waals surface area contributed by atoms with Crippen LogP contribution >= 0.6 is 0 Å². The van der Waals surface area contributed by atoms with Crippen molar-refractivity contribution < 1.29 is 42.5 Å². The van der Waals surface area contributed by atoms with E-state index in [1.807, 2.05) is 0 Å². The van der Waals surface area contributed by atoms with E-state index in [2.05, 4.69) is 0 Å². The van der Waals surface area contributed by atoms with Crippen LogP contribution in [0.15, 0.2) is 30.3 Å². The molecule has 0 spiro atoms. The number of esters is 1. The highest BCUT2D eigenvalue weighted by atomic mass is 19.1. The van der Waals surface area contributed by atoms with Crippen LogP contribution in [0.1, 0.15) is 53.0 Å². The average molecular weight is 497 g/mol. The van der Waals surface area contributed by atoms with Gasteiger partial charge in [0.25, 0.3) is 0 Å². The highest BCUT2D eigenvalue weighted by molar-refractivity contribution is 5.94. The van der Waals surface area contributed by atoms with Crippen molar-refractivity contribution in [3.05, 3.63) is 35.9 Å². The molecule has 0 aromatic heterocycles. The molecule has 1 N–H and O–H groups in total. The van der Waals surface area contributed by atoms with Gasteiger partial charge < -0.3 is 19.3 Å². The largest absolute Gasteiger partial charge is 0.459 e. The van der Waals surface area contributed by atoms with Crippen molar-refractivity contribution in [2.24, 2.45) is 11.8 Å². The first-order valence-corrected chi connectivity index (χ1v) is 12.0. The lowest BCUT2D eigenvalue weighted by Crippen LogP contribution is -2.55. The van der Waals surface area contributed by atoms with E-state index in [-0.39, 0.29) is 19.4 Å². The van der Waals surface area contributed by atoms with Crippen molar-refractivity contribution in [2.45, 2.75) is 95.9 Å². The van der Waals surface area contributed by atoms with E-state index in [0.29, 0.717) is 5.56 Å². The maximum absolute atomic E-state index is 15.8. The minimum absolute atomic E-state index is 0.00373. The average Bonchev–Trinajstić information content (AvgIpc) is 3.15. The Labute approximate surface area is 204 Å². The topological polar surface area (TPSA) is 99.1 Å². The third kappa shape index (κ3) is 5.32. The van der Waals surface area contributed by atoms with Crippen molar-refractivity contribution in [3.63, 3.8) is 0 Å². The molecule has 2 fully saturated rings. The van der Waals surface area contributed by atoms with Gasteiger partial charge in [-0.2, -0.15) is 0 Å². The van der Waals surface area contributed by atoms with Gasteiger partial charge in [0.15, 0.2) is 17.9 Å². The Morgan fingerprint density at radius 2 is 1.69 bits per heavy atom. The Kier molecular flexibility index (Phi) is 8.13. The number of benzene rings is 1.